The normalized spacial score (nSPS) is 12.5. The second-order valence-corrected chi connectivity index (χ2v) is 4.76. The van der Waals surface area contributed by atoms with Gasteiger partial charge in [-0.2, -0.15) is 5.10 Å². The van der Waals surface area contributed by atoms with Gasteiger partial charge >= 0.3 is 0 Å². The van der Waals surface area contributed by atoms with Gasteiger partial charge in [-0.1, -0.05) is 36.4 Å². The van der Waals surface area contributed by atoms with Gasteiger partial charge < -0.3 is 4.74 Å². The molecule has 0 aliphatic heterocycles. The Bertz CT molecular complexity index is 538. The highest BCUT2D eigenvalue weighted by Gasteiger charge is 2.18. The smallest absolute Gasteiger partial charge is 0.273 e. The third-order valence-electron chi connectivity index (χ3n) is 2.49. The molecule has 5 heteroatoms. The monoisotopic (exact) mass is 274 g/mol. The Balaban J connectivity index is 1.98. The van der Waals surface area contributed by atoms with Crippen LogP contribution in [0.1, 0.15) is 16.5 Å². The van der Waals surface area contributed by atoms with Gasteiger partial charge in [-0.15, -0.1) is 11.3 Å². The van der Waals surface area contributed by atoms with Crippen molar-refractivity contribution in [1.82, 2.24) is 5.43 Å². The van der Waals surface area contributed by atoms with Crippen LogP contribution in [-0.4, -0.2) is 19.2 Å². The number of hydrogen-bond acceptors (Lipinski definition) is 4. The van der Waals surface area contributed by atoms with Crippen molar-refractivity contribution >= 4 is 23.5 Å². The maximum absolute atomic E-state index is 12.0. The van der Waals surface area contributed by atoms with Crippen molar-refractivity contribution in [3.8, 4) is 0 Å². The van der Waals surface area contributed by atoms with Gasteiger partial charge in [0.25, 0.3) is 5.91 Å². The second-order valence-electron chi connectivity index (χ2n) is 3.78. The molecule has 1 amide bonds. The molecule has 0 aliphatic rings. The molecular formula is C14H14N2O2S. The van der Waals surface area contributed by atoms with E-state index >= 15 is 0 Å². The molecule has 1 atom stereocenters. The Kier molecular flexibility index (Phi) is 4.83. The van der Waals surface area contributed by atoms with Gasteiger partial charge in [0.1, 0.15) is 0 Å². The lowest BCUT2D eigenvalue weighted by Crippen LogP contribution is -2.26. The molecule has 98 valence electrons. The Morgan fingerprint density at radius 2 is 2.11 bits per heavy atom. The molecule has 0 unspecified atom stereocenters. The molecule has 2 aromatic rings. The summed E-state index contributed by atoms with van der Waals surface area (Å²) in [6, 6.07) is 13.2. The number of ether oxygens (including phenoxy) is 1. The first-order chi connectivity index (χ1) is 9.31. The lowest BCUT2D eigenvalue weighted by molar-refractivity contribution is -0.131. The zero-order chi connectivity index (χ0) is 13.5. The fraction of sp³-hybridized carbons (Fsp3) is 0.143. The Morgan fingerprint density at radius 3 is 2.74 bits per heavy atom. The summed E-state index contributed by atoms with van der Waals surface area (Å²) in [5.74, 6) is -0.290. The van der Waals surface area contributed by atoms with Gasteiger partial charge in [0, 0.05) is 12.0 Å². The summed E-state index contributed by atoms with van der Waals surface area (Å²) >= 11 is 1.55. The van der Waals surface area contributed by atoms with Crippen LogP contribution in [0, 0.1) is 0 Å². The molecule has 2 rings (SSSR count). The fourth-order valence-electron chi connectivity index (χ4n) is 1.61. The molecule has 4 nitrogen and oxygen atoms in total. The molecule has 0 spiro atoms. The predicted molar refractivity (Wildman–Crippen MR) is 76.2 cm³/mol. The molecule has 0 fully saturated rings. The molecule has 1 aromatic carbocycles. The average molecular weight is 274 g/mol. The molecule has 1 aromatic heterocycles. The summed E-state index contributed by atoms with van der Waals surface area (Å²) in [5, 5.41) is 5.86. The number of hydrogen-bond donors (Lipinski definition) is 1. The third-order valence-corrected chi connectivity index (χ3v) is 3.29. The van der Waals surface area contributed by atoms with Crippen molar-refractivity contribution in [2.24, 2.45) is 5.10 Å². The van der Waals surface area contributed by atoms with Crippen molar-refractivity contribution < 1.29 is 9.53 Å². The SMILES string of the molecule is CO[C@@H](C(=O)N/N=C\c1cccs1)c1ccccc1. The summed E-state index contributed by atoms with van der Waals surface area (Å²) in [6.45, 7) is 0. The van der Waals surface area contributed by atoms with Crippen molar-refractivity contribution in [2.45, 2.75) is 6.10 Å². The van der Waals surface area contributed by atoms with Crippen LogP contribution in [0.15, 0.2) is 52.9 Å². The van der Waals surface area contributed by atoms with Crippen LogP contribution in [0.3, 0.4) is 0 Å². The first-order valence-electron chi connectivity index (χ1n) is 5.75. The molecule has 0 radical (unpaired) electrons. The van der Waals surface area contributed by atoms with Crippen LogP contribution in [0.4, 0.5) is 0 Å². The molecule has 1 N–H and O–H groups in total. The highest BCUT2D eigenvalue weighted by Crippen LogP contribution is 2.16. The van der Waals surface area contributed by atoms with E-state index in [1.165, 1.54) is 7.11 Å². The molecule has 0 bridgehead atoms. The van der Waals surface area contributed by atoms with Crippen LogP contribution in [-0.2, 0) is 9.53 Å². The van der Waals surface area contributed by atoms with E-state index in [1.807, 2.05) is 47.8 Å². The fourth-order valence-corrected chi connectivity index (χ4v) is 2.19. The standard InChI is InChI=1S/C14H14N2O2S/c1-18-13(11-6-3-2-4-7-11)14(17)16-15-10-12-8-5-9-19-12/h2-10,13H,1H3,(H,16,17)/b15-10-/t13-/m1/s1. The van der Waals surface area contributed by atoms with Gasteiger partial charge in [0.2, 0.25) is 0 Å². The Labute approximate surface area is 115 Å². The lowest BCUT2D eigenvalue weighted by atomic mass is 10.1. The first-order valence-corrected chi connectivity index (χ1v) is 6.63. The Hall–Kier alpha value is -1.98. The number of thiophene rings is 1. The lowest BCUT2D eigenvalue weighted by Gasteiger charge is -2.13. The van der Waals surface area contributed by atoms with Crippen LogP contribution in [0.25, 0.3) is 0 Å². The van der Waals surface area contributed by atoms with Crippen LogP contribution >= 0.6 is 11.3 Å². The van der Waals surface area contributed by atoms with Gasteiger partial charge in [-0.25, -0.2) is 5.43 Å². The first kappa shape index (κ1) is 13.5. The second kappa shape index (κ2) is 6.82. The quantitative estimate of drug-likeness (QED) is 0.673. The number of amides is 1. The van der Waals surface area contributed by atoms with Crippen molar-refractivity contribution in [3.63, 3.8) is 0 Å². The van der Waals surface area contributed by atoms with E-state index in [0.717, 1.165) is 10.4 Å². The van der Waals surface area contributed by atoms with Crippen LogP contribution in [0.5, 0.6) is 0 Å². The predicted octanol–water partition coefficient (Wildman–Crippen LogP) is 2.59. The highest BCUT2D eigenvalue weighted by molar-refractivity contribution is 7.11. The van der Waals surface area contributed by atoms with Crippen LogP contribution < -0.4 is 5.43 Å². The molecule has 0 aliphatic carbocycles. The van der Waals surface area contributed by atoms with Crippen molar-refractivity contribution in [3.05, 3.63) is 58.3 Å². The summed E-state index contributed by atoms with van der Waals surface area (Å²) in [5.41, 5.74) is 3.28. The molecular weight excluding hydrogens is 260 g/mol. The number of nitrogens with one attached hydrogen (secondary N) is 1. The highest BCUT2D eigenvalue weighted by atomic mass is 32.1. The van der Waals surface area contributed by atoms with E-state index < -0.39 is 6.10 Å². The minimum atomic E-state index is -0.651. The van der Waals surface area contributed by atoms with Crippen molar-refractivity contribution in [1.29, 1.82) is 0 Å². The maximum Gasteiger partial charge on any atom is 0.273 e. The number of carbonyl (C=O) groups excluding carboxylic acids is 1. The number of hydrazone groups is 1. The van der Waals surface area contributed by atoms with E-state index in [1.54, 1.807) is 17.6 Å². The molecule has 19 heavy (non-hydrogen) atoms. The van der Waals surface area contributed by atoms with E-state index in [0.29, 0.717) is 0 Å². The molecule has 1 heterocycles. The van der Waals surface area contributed by atoms with E-state index in [2.05, 4.69) is 10.5 Å². The van der Waals surface area contributed by atoms with E-state index in [-0.39, 0.29) is 5.91 Å². The van der Waals surface area contributed by atoms with E-state index in [4.69, 9.17) is 4.74 Å². The number of rotatable bonds is 5. The van der Waals surface area contributed by atoms with Crippen LogP contribution in [0.2, 0.25) is 0 Å². The minimum Gasteiger partial charge on any atom is -0.367 e. The summed E-state index contributed by atoms with van der Waals surface area (Å²) < 4.78 is 5.20. The number of methoxy groups -OCH3 is 1. The average Bonchev–Trinajstić information content (AvgIpc) is 2.94. The zero-order valence-electron chi connectivity index (χ0n) is 10.4. The van der Waals surface area contributed by atoms with Gasteiger partial charge in [-0.05, 0) is 17.0 Å². The third kappa shape index (κ3) is 3.74. The van der Waals surface area contributed by atoms with Gasteiger partial charge in [0.05, 0.1) is 6.21 Å². The summed E-state index contributed by atoms with van der Waals surface area (Å²) in [4.78, 5) is 12.9. The van der Waals surface area contributed by atoms with Gasteiger partial charge in [0.15, 0.2) is 6.10 Å². The summed E-state index contributed by atoms with van der Waals surface area (Å²) in [6.07, 6.45) is 0.960. The number of carbonyl (C=O) groups is 1. The topological polar surface area (TPSA) is 50.7 Å². The molecule has 0 saturated carbocycles. The summed E-state index contributed by atoms with van der Waals surface area (Å²) in [7, 11) is 1.50. The number of benzene rings is 1. The largest absolute Gasteiger partial charge is 0.367 e. The Morgan fingerprint density at radius 1 is 1.32 bits per heavy atom. The maximum atomic E-state index is 12.0. The van der Waals surface area contributed by atoms with Gasteiger partial charge in [-0.3, -0.25) is 4.79 Å². The zero-order valence-corrected chi connectivity index (χ0v) is 11.3. The van der Waals surface area contributed by atoms with Crippen molar-refractivity contribution in [2.75, 3.05) is 7.11 Å². The number of nitrogens with zero attached hydrogens (tertiary/aromatic N) is 1. The minimum absolute atomic E-state index is 0.290. The van der Waals surface area contributed by atoms with E-state index in [9.17, 15) is 4.79 Å². The molecule has 0 saturated heterocycles.